The highest BCUT2D eigenvalue weighted by Crippen LogP contribution is 2.45. The lowest BCUT2D eigenvalue weighted by Crippen LogP contribution is -2.32. The van der Waals surface area contributed by atoms with Gasteiger partial charge in [0.15, 0.2) is 5.76 Å². The number of hydrogen-bond acceptors (Lipinski definition) is 2. The van der Waals surface area contributed by atoms with Gasteiger partial charge < -0.3 is 4.74 Å². The van der Waals surface area contributed by atoms with Gasteiger partial charge in [-0.2, -0.15) is 0 Å². The van der Waals surface area contributed by atoms with Gasteiger partial charge in [0, 0.05) is 5.41 Å². The van der Waals surface area contributed by atoms with Crippen molar-refractivity contribution < 1.29 is 9.53 Å². The van der Waals surface area contributed by atoms with Crippen LogP contribution >= 0.6 is 0 Å². The third-order valence-corrected chi connectivity index (χ3v) is 4.00. The maximum absolute atomic E-state index is 12.7. The normalized spacial score (nSPS) is 23.4. The van der Waals surface area contributed by atoms with Crippen LogP contribution in [0.1, 0.15) is 58.8 Å². The summed E-state index contributed by atoms with van der Waals surface area (Å²) < 4.78 is 5.57. The van der Waals surface area contributed by atoms with Crippen molar-refractivity contribution in [3.63, 3.8) is 0 Å². The summed E-state index contributed by atoms with van der Waals surface area (Å²) in [5, 5.41) is 0. The van der Waals surface area contributed by atoms with Crippen molar-refractivity contribution in [2.45, 2.75) is 58.8 Å². The Kier molecular flexibility index (Phi) is 3.90. The molecule has 0 bridgehead atoms. The zero-order valence-electron chi connectivity index (χ0n) is 11.1. The molecule has 0 aromatic rings. The van der Waals surface area contributed by atoms with Crippen LogP contribution in [-0.4, -0.2) is 12.4 Å². The third kappa shape index (κ3) is 2.72. The van der Waals surface area contributed by atoms with Gasteiger partial charge in [0.1, 0.15) is 0 Å². The Morgan fingerprint density at radius 1 is 1.35 bits per heavy atom. The zero-order chi connectivity index (χ0) is 12.3. The summed E-state index contributed by atoms with van der Waals surface area (Å²) in [5.74, 6) is 1.54. The van der Waals surface area contributed by atoms with Gasteiger partial charge in [-0.1, -0.05) is 26.7 Å². The number of hydrogen-bond donors (Lipinski definition) is 0. The maximum atomic E-state index is 12.7. The van der Waals surface area contributed by atoms with Gasteiger partial charge in [0.2, 0.25) is 5.78 Å². The Labute approximate surface area is 104 Å². The number of rotatable bonds is 4. The van der Waals surface area contributed by atoms with E-state index in [9.17, 15) is 4.79 Å². The smallest absolute Gasteiger partial charge is 0.203 e. The van der Waals surface area contributed by atoms with Crippen molar-refractivity contribution in [2.24, 2.45) is 11.3 Å². The van der Waals surface area contributed by atoms with Gasteiger partial charge in [0.25, 0.3) is 0 Å². The summed E-state index contributed by atoms with van der Waals surface area (Å²) in [5.41, 5.74) is -0.0999. The molecule has 1 saturated carbocycles. The van der Waals surface area contributed by atoms with Gasteiger partial charge in [0.05, 0.1) is 6.61 Å². The molecule has 1 heterocycles. The lowest BCUT2D eigenvalue weighted by molar-refractivity contribution is -0.129. The quantitative estimate of drug-likeness (QED) is 0.741. The maximum Gasteiger partial charge on any atom is 0.203 e. The summed E-state index contributed by atoms with van der Waals surface area (Å²) in [6.45, 7) is 5.14. The summed E-state index contributed by atoms with van der Waals surface area (Å²) >= 11 is 0. The highest BCUT2D eigenvalue weighted by atomic mass is 16.5. The zero-order valence-corrected chi connectivity index (χ0v) is 11.1. The minimum atomic E-state index is -0.0999. The average Bonchev–Trinajstić information content (AvgIpc) is 2.78. The summed E-state index contributed by atoms with van der Waals surface area (Å²) in [7, 11) is 0. The third-order valence-electron chi connectivity index (χ3n) is 4.00. The second-order valence-corrected chi connectivity index (χ2v) is 5.97. The molecule has 2 rings (SSSR count). The largest absolute Gasteiger partial charge is 0.490 e. The molecule has 1 aliphatic carbocycles. The molecule has 0 aromatic carbocycles. The summed E-state index contributed by atoms with van der Waals surface area (Å²) in [4.78, 5) is 12.7. The van der Waals surface area contributed by atoms with Gasteiger partial charge in [-0.25, -0.2) is 0 Å². The van der Waals surface area contributed by atoms with E-state index >= 15 is 0 Å². The first-order chi connectivity index (χ1) is 8.14. The molecule has 96 valence electrons. The SMILES string of the molecule is CC(C)CC1(C(=O)C2=CCCCO2)CCCC1. The Hall–Kier alpha value is -0.790. The van der Waals surface area contributed by atoms with Crippen LogP contribution in [0, 0.1) is 11.3 Å². The summed E-state index contributed by atoms with van der Waals surface area (Å²) in [6.07, 6.45) is 9.60. The predicted molar refractivity (Wildman–Crippen MR) is 68.6 cm³/mol. The van der Waals surface area contributed by atoms with Crippen LogP contribution in [-0.2, 0) is 9.53 Å². The van der Waals surface area contributed by atoms with Crippen molar-refractivity contribution in [3.05, 3.63) is 11.8 Å². The van der Waals surface area contributed by atoms with Crippen molar-refractivity contribution in [1.82, 2.24) is 0 Å². The molecule has 0 atom stereocenters. The molecule has 17 heavy (non-hydrogen) atoms. The first kappa shape index (κ1) is 12.7. The number of ketones is 1. The first-order valence-electron chi connectivity index (χ1n) is 7.02. The molecule has 0 saturated heterocycles. The number of Topliss-reactive ketones (excluding diaryl/α,β-unsaturated/α-hetero) is 1. The molecule has 0 aromatic heterocycles. The van der Waals surface area contributed by atoms with Crippen molar-refractivity contribution in [2.75, 3.05) is 6.61 Å². The molecule has 0 amide bonds. The minimum Gasteiger partial charge on any atom is -0.490 e. The topological polar surface area (TPSA) is 26.3 Å². The van der Waals surface area contributed by atoms with Crippen molar-refractivity contribution in [1.29, 1.82) is 0 Å². The molecule has 2 heteroatoms. The fraction of sp³-hybridized carbons (Fsp3) is 0.800. The number of carbonyl (C=O) groups is 1. The van der Waals surface area contributed by atoms with Crippen LogP contribution in [0.4, 0.5) is 0 Å². The van der Waals surface area contributed by atoms with E-state index in [1.54, 1.807) is 0 Å². The Bertz CT molecular complexity index is 309. The van der Waals surface area contributed by atoms with E-state index in [1.165, 1.54) is 12.8 Å². The molecule has 0 N–H and O–H groups in total. The van der Waals surface area contributed by atoms with Gasteiger partial charge in [-0.3, -0.25) is 4.79 Å². The van der Waals surface area contributed by atoms with Crippen molar-refractivity contribution >= 4 is 5.78 Å². The van der Waals surface area contributed by atoms with E-state index in [0.29, 0.717) is 17.5 Å². The second-order valence-electron chi connectivity index (χ2n) is 5.97. The molecule has 0 unspecified atom stereocenters. The van der Waals surface area contributed by atoms with Crippen LogP contribution in [0.15, 0.2) is 11.8 Å². The first-order valence-corrected chi connectivity index (χ1v) is 7.02. The Balaban J connectivity index is 2.15. The van der Waals surface area contributed by atoms with Gasteiger partial charge in [-0.15, -0.1) is 0 Å². The van der Waals surface area contributed by atoms with E-state index < -0.39 is 0 Å². The minimum absolute atomic E-state index is 0.0999. The molecular weight excluding hydrogens is 212 g/mol. The molecule has 2 aliphatic rings. The Morgan fingerprint density at radius 2 is 2.06 bits per heavy atom. The highest BCUT2D eigenvalue weighted by Gasteiger charge is 2.43. The second kappa shape index (κ2) is 5.24. The van der Waals surface area contributed by atoms with E-state index in [4.69, 9.17) is 4.74 Å². The molecular formula is C15H24O2. The van der Waals surface area contributed by atoms with Crippen LogP contribution in [0.5, 0.6) is 0 Å². The predicted octanol–water partition coefficient (Wildman–Crippen LogP) is 3.86. The number of carbonyl (C=O) groups excluding carboxylic acids is 1. The average molecular weight is 236 g/mol. The van der Waals surface area contributed by atoms with E-state index in [0.717, 1.165) is 38.7 Å². The van der Waals surface area contributed by atoms with E-state index in [-0.39, 0.29) is 5.41 Å². The van der Waals surface area contributed by atoms with Crippen molar-refractivity contribution in [3.8, 4) is 0 Å². The van der Waals surface area contributed by atoms with Gasteiger partial charge in [-0.05, 0) is 44.1 Å². The molecule has 2 nitrogen and oxygen atoms in total. The lowest BCUT2D eigenvalue weighted by atomic mass is 9.74. The van der Waals surface area contributed by atoms with Crippen LogP contribution < -0.4 is 0 Å². The Morgan fingerprint density at radius 3 is 2.59 bits per heavy atom. The fourth-order valence-corrected chi connectivity index (χ4v) is 3.33. The van der Waals surface area contributed by atoms with E-state index in [2.05, 4.69) is 13.8 Å². The standard InChI is InChI=1S/C15H24O2/c1-12(2)11-15(8-4-5-9-15)14(16)13-7-3-6-10-17-13/h7,12H,3-6,8-11H2,1-2H3. The summed E-state index contributed by atoms with van der Waals surface area (Å²) in [6, 6.07) is 0. The molecule has 1 fully saturated rings. The van der Waals surface area contributed by atoms with Crippen LogP contribution in [0.3, 0.4) is 0 Å². The fourth-order valence-electron chi connectivity index (χ4n) is 3.33. The highest BCUT2D eigenvalue weighted by molar-refractivity contribution is 5.98. The van der Waals surface area contributed by atoms with Gasteiger partial charge >= 0.3 is 0 Å². The molecule has 1 aliphatic heterocycles. The monoisotopic (exact) mass is 236 g/mol. The van der Waals surface area contributed by atoms with E-state index in [1.807, 2.05) is 6.08 Å². The lowest BCUT2D eigenvalue weighted by Gasteiger charge is -2.30. The van der Waals surface area contributed by atoms with Crippen LogP contribution in [0.2, 0.25) is 0 Å². The number of ether oxygens (including phenoxy) is 1. The van der Waals surface area contributed by atoms with Crippen LogP contribution in [0.25, 0.3) is 0 Å². The molecule has 0 radical (unpaired) electrons. The molecule has 0 spiro atoms. The number of allylic oxidation sites excluding steroid dienone is 2.